The molecule has 0 amide bonds. The number of rotatable bonds is 2. The average molecular weight is 258 g/mol. The fourth-order valence-corrected chi connectivity index (χ4v) is 2.17. The van der Waals surface area contributed by atoms with Crippen LogP contribution in [0.25, 0.3) is 21.9 Å². The third-order valence-electron chi connectivity index (χ3n) is 2.95. The molecule has 0 N–H and O–H groups in total. The molecule has 2 aromatic heterocycles. The third-order valence-corrected chi connectivity index (χ3v) is 2.95. The van der Waals surface area contributed by atoms with E-state index in [4.69, 9.17) is 13.6 Å². The number of benzene rings is 1. The highest BCUT2D eigenvalue weighted by molar-refractivity contribution is 6.02. The quantitative estimate of drug-likeness (QED) is 0.658. The molecule has 3 aromatic rings. The first kappa shape index (κ1) is 11.8. The van der Waals surface area contributed by atoms with Crippen LogP contribution in [0.4, 0.5) is 0 Å². The maximum atomic E-state index is 11.9. The van der Waals surface area contributed by atoms with Gasteiger partial charge >= 0.3 is 5.63 Å². The molecule has 0 unspecified atom stereocenters. The standard InChI is InChI=1S/C15H14O4/c1-8(2)18-10-4-5-11-12(6-10)19-15(16)13-9(3)7-17-14(11)13/h4-8H,1-3H3. The van der Waals surface area contributed by atoms with Crippen LogP contribution in [0, 0.1) is 6.92 Å². The van der Waals surface area contributed by atoms with Crippen molar-refractivity contribution in [2.45, 2.75) is 26.9 Å². The summed E-state index contributed by atoms with van der Waals surface area (Å²) in [6.07, 6.45) is 1.64. The normalized spacial score (nSPS) is 11.6. The number of ether oxygens (including phenoxy) is 1. The van der Waals surface area contributed by atoms with Gasteiger partial charge in [-0.2, -0.15) is 0 Å². The van der Waals surface area contributed by atoms with Crippen molar-refractivity contribution in [1.82, 2.24) is 0 Å². The Bertz CT molecular complexity index is 808. The molecular formula is C15H14O4. The second-order valence-corrected chi connectivity index (χ2v) is 4.84. The van der Waals surface area contributed by atoms with Crippen molar-refractivity contribution in [2.75, 3.05) is 0 Å². The SMILES string of the molecule is Cc1coc2c1c(=O)oc1cc(OC(C)C)ccc12. The van der Waals surface area contributed by atoms with E-state index >= 15 is 0 Å². The Hall–Kier alpha value is -2.23. The predicted octanol–water partition coefficient (Wildman–Crippen LogP) is 3.63. The lowest BCUT2D eigenvalue weighted by Crippen LogP contribution is -2.05. The van der Waals surface area contributed by atoms with Crippen LogP contribution in [-0.4, -0.2) is 6.10 Å². The molecule has 0 spiro atoms. The molecule has 98 valence electrons. The van der Waals surface area contributed by atoms with Crippen molar-refractivity contribution in [3.8, 4) is 5.75 Å². The van der Waals surface area contributed by atoms with Crippen LogP contribution in [-0.2, 0) is 0 Å². The predicted molar refractivity (Wildman–Crippen MR) is 72.8 cm³/mol. The van der Waals surface area contributed by atoms with Gasteiger partial charge in [-0.05, 0) is 32.9 Å². The third kappa shape index (κ3) is 1.89. The lowest BCUT2D eigenvalue weighted by Gasteiger charge is -2.09. The van der Waals surface area contributed by atoms with E-state index in [1.807, 2.05) is 32.9 Å². The fraction of sp³-hybridized carbons (Fsp3) is 0.267. The minimum Gasteiger partial charge on any atom is -0.491 e. The van der Waals surface area contributed by atoms with Gasteiger partial charge in [0, 0.05) is 11.6 Å². The summed E-state index contributed by atoms with van der Waals surface area (Å²) in [6.45, 7) is 5.71. The summed E-state index contributed by atoms with van der Waals surface area (Å²) in [7, 11) is 0. The molecule has 0 aliphatic carbocycles. The molecule has 1 aromatic carbocycles. The number of hydrogen-bond donors (Lipinski definition) is 0. The Morgan fingerprint density at radius 2 is 2.05 bits per heavy atom. The van der Waals surface area contributed by atoms with Crippen LogP contribution in [0.5, 0.6) is 5.75 Å². The molecule has 19 heavy (non-hydrogen) atoms. The first-order valence-electron chi connectivity index (χ1n) is 6.17. The molecular weight excluding hydrogens is 244 g/mol. The summed E-state index contributed by atoms with van der Waals surface area (Å²) in [6, 6.07) is 5.41. The van der Waals surface area contributed by atoms with E-state index < -0.39 is 0 Å². The van der Waals surface area contributed by atoms with Gasteiger partial charge in [0.2, 0.25) is 0 Å². The van der Waals surface area contributed by atoms with Gasteiger partial charge in [-0.1, -0.05) is 0 Å². The van der Waals surface area contributed by atoms with E-state index in [-0.39, 0.29) is 11.7 Å². The molecule has 0 saturated carbocycles. The van der Waals surface area contributed by atoms with Gasteiger partial charge in [0.1, 0.15) is 16.7 Å². The van der Waals surface area contributed by atoms with Crippen LogP contribution in [0.15, 0.2) is 38.1 Å². The van der Waals surface area contributed by atoms with E-state index in [0.29, 0.717) is 22.3 Å². The highest BCUT2D eigenvalue weighted by Gasteiger charge is 2.14. The van der Waals surface area contributed by atoms with Crippen molar-refractivity contribution >= 4 is 21.9 Å². The van der Waals surface area contributed by atoms with Crippen molar-refractivity contribution in [3.05, 3.63) is 40.4 Å². The number of fused-ring (bicyclic) bond motifs is 3. The Balaban J connectivity index is 2.31. The summed E-state index contributed by atoms with van der Waals surface area (Å²) >= 11 is 0. The van der Waals surface area contributed by atoms with Crippen LogP contribution in [0.3, 0.4) is 0 Å². The monoisotopic (exact) mass is 258 g/mol. The number of furan rings is 1. The van der Waals surface area contributed by atoms with E-state index in [2.05, 4.69) is 0 Å². The van der Waals surface area contributed by atoms with Crippen LogP contribution < -0.4 is 10.4 Å². The highest BCUT2D eigenvalue weighted by atomic mass is 16.5. The smallest absolute Gasteiger partial charge is 0.347 e. The first-order valence-corrected chi connectivity index (χ1v) is 6.17. The van der Waals surface area contributed by atoms with Crippen LogP contribution in [0.1, 0.15) is 19.4 Å². The van der Waals surface area contributed by atoms with Crippen molar-refractivity contribution < 1.29 is 13.6 Å². The zero-order chi connectivity index (χ0) is 13.6. The maximum Gasteiger partial charge on any atom is 0.347 e. The topological polar surface area (TPSA) is 52.6 Å². The molecule has 0 fully saturated rings. The molecule has 4 heteroatoms. The molecule has 0 aliphatic heterocycles. The molecule has 3 rings (SSSR count). The minimum absolute atomic E-state index is 0.0683. The summed E-state index contributed by atoms with van der Waals surface area (Å²) in [5, 5.41) is 1.28. The largest absolute Gasteiger partial charge is 0.491 e. The van der Waals surface area contributed by atoms with Crippen molar-refractivity contribution in [3.63, 3.8) is 0 Å². The van der Waals surface area contributed by atoms with E-state index in [1.165, 1.54) is 0 Å². The Morgan fingerprint density at radius 3 is 2.79 bits per heavy atom. The zero-order valence-corrected chi connectivity index (χ0v) is 11.0. The molecule has 0 atom stereocenters. The van der Waals surface area contributed by atoms with Gasteiger partial charge in [-0.15, -0.1) is 0 Å². The van der Waals surface area contributed by atoms with E-state index in [0.717, 1.165) is 10.9 Å². The summed E-state index contributed by atoms with van der Waals surface area (Å²) < 4.78 is 16.4. The highest BCUT2D eigenvalue weighted by Crippen LogP contribution is 2.28. The molecule has 0 bridgehead atoms. The van der Waals surface area contributed by atoms with E-state index in [9.17, 15) is 4.79 Å². The van der Waals surface area contributed by atoms with Gasteiger partial charge in [-0.25, -0.2) is 4.79 Å². The summed E-state index contributed by atoms with van der Waals surface area (Å²) in [5.74, 6) is 0.674. The summed E-state index contributed by atoms with van der Waals surface area (Å²) in [5.41, 5.74) is 1.45. The molecule has 4 nitrogen and oxygen atoms in total. The van der Waals surface area contributed by atoms with Gasteiger partial charge in [0.05, 0.1) is 17.8 Å². The molecule has 2 heterocycles. The van der Waals surface area contributed by atoms with Crippen molar-refractivity contribution in [2.24, 2.45) is 0 Å². The lowest BCUT2D eigenvalue weighted by atomic mass is 10.1. The molecule has 0 saturated heterocycles. The lowest BCUT2D eigenvalue weighted by molar-refractivity contribution is 0.242. The molecule has 0 radical (unpaired) electrons. The Labute approximate surface area is 109 Å². The Morgan fingerprint density at radius 1 is 1.26 bits per heavy atom. The van der Waals surface area contributed by atoms with Gasteiger partial charge in [-0.3, -0.25) is 0 Å². The van der Waals surface area contributed by atoms with Gasteiger partial charge < -0.3 is 13.6 Å². The fourth-order valence-electron chi connectivity index (χ4n) is 2.17. The molecule has 0 aliphatic rings. The number of aryl methyl sites for hydroxylation is 1. The second kappa shape index (κ2) is 4.16. The average Bonchev–Trinajstić information content (AvgIpc) is 2.71. The summed E-state index contributed by atoms with van der Waals surface area (Å²) in [4.78, 5) is 11.9. The Kier molecular flexibility index (Phi) is 2.59. The van der Waals surface area contributed by atoms with Crippen LogP contribution >= 0.6 is 0 Å². The first-order chi connectivity index (χ1) is 9.06. The number of hydrogen-bond acceptors (Lipinski definition) is 4. The van der Waals surface area contributed by atoms with Gasteiger partial charge in [0.25, 0.3) is 0 Å². The maximum absolute atomic E-state index is 11.9. The van der Waals surface area contributed by atoms with Crippen LogP contribution in [0.2, 0.25) is 0 Å². The minimum atomic E-state index is -0.379. The van der Waals surface area contributed by atoms with Crippen molar-refractivity contribution in [1.29, 1.82) is 0 Å². The second-order valence-electron chi connectivity index (χ2n) is 4.84. The zero-order valence-electron chi connectivity index (χ0n) is 11.0. The van der Waals surface area contributed by atoms with Gasteiger partial charge in [0.15, 0.2) is 5.58 Å². The van der Waals surface area contributed by atoms with E-state index in [1.54, 1.807) is 12.3 Å².